The fraction of sp³-hybridized carbons (Fsp3) is 0.111. The van der Waals surface area contributed by atoms with Gasteiger partial charge in [0.05, 0.1) is 4.83 Å². The summed E-state index contributed by atoms with van der Waals surface area (Å²) < 4.78 is 14.5. The molecule has 0 N–H and O–H groups in total. The van der Waals surface area contributed by atoms with Gasteiger partial charge in [0, 0.05) is 4.47 Å². The van der Waals surface area contributed by atoms with E-state index in [1.165, 1.54) is 28.0 Å². The minimum atomic E-state index is -0.226. The van der Waals surface area contributed by atoms with Gasteiger partial charge >= 0.3 is 0 Å². The SMILES string of the molecule is Cc1ccc2ccccc2c1C(Br)c1cc(F)ccc1Br. The van der Waals surface area contributed by atoms with Gasteiger partial charge in [-0.15, -0.1) is 0 Å². The summed E-state index contributed by atoms with van der Waals surface area (Å²) in [6.45, 7) is 2.09. The number of hydrogen-bond donors (Lipinski definition) is 0. The molecule has 3 heteroatoms. The molecule has 1 atom stereocenters. The Morgan fingerprint density at radius 1 is 1.00 bits per heavy atom. The van der Waals surface area contributed by atoms with Crippen LogP contribution < -0.4 is 0 Å². The fourth-order valence-corrected chi connectivity index (χ4v) is 4.37. The Balaban J connectivity index is 2.24. The molecule has 0 aromatic heterocycles. The number of benzene rings is 3. The van der Waals surface area contributed by atoms with E-state index in [4.69, 9.17) is 0 Å². The van der Waals surface area contributed by atoms with Gasteiger partial charge in [-0.1, -0.05) is 68.3 Å². The highest BCUT2D eigenvalue weighted by molar-refractivity contribution is 9.11. The summed E-state index contributed by atoms with van der Waals surface area (Å²) in [5.41, 5.74) is 3.26. The van der Waals surface area contributed by atoms with E-state index in [1.54, 1.807) is 12.1 Å². The third-order valence-electron chi connectivity index (χ3n) is 3.67. The Bertz CT molecular complexity index is 811. The van der Waals surface area contributed by atoms with Crippen molar-refractivity contribution in [1.29, 1.82) is 0 Å². The Kier molecular flexibility index (Phi) is 4.14. The van der Waals surface area contributed by atoms with E-state index in [2.05, 4.69) is 63.0 Å². The molecule has 21 heavy (non-hydrogen) atoms. The van der Waals surface area contributed by atoms with Crippen LogP contribution >= 0.6 is 31.9 Å². The van der Waals surface area contributed by atoms with Gasteiger partial charge in [-0.2, -0.15) is 0 Å². The molecule has 0 saturated heterocycles. The third kappa shape index (κ3) is 2.77. The molecular formula is C18H13Br2F. The summed E-state index contributed by atoms with van der Waals surface area (Å²) in [4.78, 5) is -0.0614. The molecule has 0 aliphatic rings. The second kappa shape index (κ2) is 5.90. The maximum atomic E-state index is 13.6. The molecule has 106 valence electrons. The summed E-state index contributed by atoms with van der Waals surface area (Å²) in [5.74, 6) is -0.226. The average molecular weight is 408 g/mol. The predicted octanol–water partition coefficient (Wildman–Crippen LogP) is 6.53. The molecular weight excluding hydrogens is 395 g/mol. The molecule has 0 spiro atoms. The molecule has 3 aromatic rings. The molecule has 0 radical (unpaired) electrons. The number of alkyl halides is 1. The lowest BCUT2D eigenvalue weighted by Crippen LogP contribution is -1.99. The highest BCUT2D eigenvalue weighted by Gasteiger charge is 2.18. The van der Waals surface area contributed by atoms with Crippen molar-refractivity contribution in [2.24, 2.45) is 0 Å². The lowest BCUT2D eigenvalue weighted by atomic mass is 9.94. The first-order valence-electron chi connectivity index (χ1n) is 6.65. The largest absolute Gasteiger partial charge is 0.207 e. The summed E-state index contributed by atoms with van der Waals surface area (Å²) in [6, 6.07) is 17.3. The smallest absolute Gasteiger partial charge is 0.123 e. The Morgan fingerprint density at radius 3 is 2.57 bits per heavy atom. The lowest BCUT2D eigenvalue weighted by Gasteiger charge is -2.18. The number of rotatable bonds is 2. The number of fused-ring (bicyclic) bond motifs is 1. The van der Waals surface area contributed by atoms with Gasteiger partial charge in [0.1, 0.15) is 5.82 Å². The standard InChI is InChI=1S/C18H13Br2F/c1-11-6-7-12-4-2-3-5-14(12)17(11)18(20)15-10-13(21)8-9-16(15)19/h2-10,18H,1H3. The van der Waals surface area contributed by atoms with E-state index in [0.29, 0.717) is 0 Å². The number of hydrogen-bond acceptors (Lipinski definition) is 0. The maximum Gasteiger partial charge on any atom is 0.123 e. The second-order valence-corrected chi connectivity index (χ2v) is 6.82. The molecule has 0 nitrogen and oxygen atoms in total. The molecule has 0 bridgehead atoms. The van der Waals surface area contributed by atoms with Crippen LogP contribution in [0.2, 0.25) is 0 Å². The molecule has 0 aliphatic heterocycles. The van der Waals surface area contributed by atoms with Gasteiger partial charge < -0.3 is 0 Å². The van der Waals surface area contributed by atoms with Gasteiger partial charge in [-0.05, 0) is 52.6 Å². The monoisotopic (exact) mass is 406 g/mol. The zero-order chi connectivity index (χ0) is 15.0. The van der Waals surface area contributed by atoms with E-state index in [0.717, 1.165) is 10.0 Å². The normalized spacial score (nSPS) is 12.6. The lowest BCUT2D eigenvalue weighted by molar-refractivity contribution is 0.625. The number of halogens is 3. The van der Waals surface area contributed by atoms with E-state index >= 15 is 0 Å². The van der Waals surface area contributed by atoms with Crippen LogP contribution in [0.25, 0.3) is 10.8 Å². The average Bonchev–Trinajstić information content (AvgIpc) is 2.49. The molecule has 3 aromatic carbocycles. The summed E-state index contributed by atoms with van der Waals surface area (Å²) in [7, 11) is 0. The maximum absolute atomic E-state index is 13.6. The van der Waals surface area contributed by atoms with Crippen LogP contribution in [-0.4, -0.2) is 0 Å². The summed E-state index contributed by atoms with van der Waals surface area (Å²) in [6.07, 6.45) is 0. The third-order valence-corrected chi connectivity index (χ3v) is 5.35. The van der Waals surface area contributed by atoms with Crippen molar-refractivity contribution in [3.63, 3.8) is 0 Å². The van der Waals surface area contributed by atoms with Crippen LogP contribution in [0.3, 0.4) is 0 Å². The van der Waals surface area contributed by atoms with Gasteiger partial charge in [0.2, 0.25) is 0 Å². The zero-order valence-corrected chi connectivity index (χ0v) is 14.6. The summed E-state index contributed by atoms with van der Waals surface area (Å²) in [5, 5.41) is 2.38. The Hall–Kier alpha value is -1.19. The van der Waals surface area contributed by atoms with E-state index in [-0.39, 0.29) is 10.6 Å². The molecule has 0 heterocycles. The quantitative estimate of drug-likeness (QED) is 0.423. The van der Waals surface area contributed by atoms with Crippen molar-refractivity contribution in [2.75, 3.05) is 0 Å². The van der Waals surface area contributed by atoms with Crippen LogP contribution in [0, 0.1) is 12.7 Å². The fourth-order valence-electron chi connectivity index (χ4n) is 2.61. The first-order chi connectivity index (χ1) is 10.1. The van der Waals surface area contributed by atoms with Crippen LogP contribution in [0.1, 0.15) is 21.5 Å². The molecule has 0 amide bonds. The van der Waals surface area contributed by atoms with E-state index in [9.17, 15) is 4.39 Å². The first kappa shape index (κ1) is 14.7. The zero-order valence-electron chi connectivity index (χ0n) is 11.4. The van der Waals surface area contributed by atoms with E-state index in [1.807, 2.05) is 12.1 Å². The molecule has 0 aliphatic carbocycles. The van der Waals surface area contributed by atoms with Gasteiger partial charge in [0.15, 0.2) is 0 Å². The minimum Gasteiger partial charge on any atom is -0.207 e. The Labute approximate surface area is 140 Å². The Morgan fingerprint density at radius 2 is 1.76 bits per heavy atom. The van der Waals surface area contributed by atoms with Gasteiger partial charge in [0.25, 0.3) is 0 Å². The predicted molar refractivity (Wildman–Crippen MR) is 93.6 cm³/mol. The van der Waals surface area contributed by atoms with Gasteiger partial charge in [-0.3, -0.25) is 0 Å². The first-order valence-corrected chi connectivity index (χ1v) is 8.36. The van der Waals surface area contributed by atoms with Gasteiger partial charge in [-0.25, -0.2) is 4.39 Å². The second-order valence-electron chi connectivity index (χ2n) is 5.05. The van der Waals surface area contributed by atoms with Crippen molar-refractivity contribution < 1.29 is 4.39 Å². The van der Waals surface area contributed by atoms with Crippen molar-refractivity contribution in [3.05, 3.63) is 81.6 Å². The topological polar surface area (TPSA) is 0 Å². The van der Waals surface area contributed by atoms with Crippen molar-refractivity contribution in [2.45, 2.75) is 11.8 Å². The van der Waals surface area contributed by atoms with Crippen LogP contribution in [0.15, 0.2) is 59.1 Å². The molecule has 3 rings (SSSR count). The van der Waals surface area contributed by atoms with E-state index < -0.39 is 0 Å². The highest BCUT2D eigenvalue weighted by Crippen LogP contribution is 2.40. The van der Waals surface area contributed by atoms with Crippen LogP contribution in [0.5, 0.6) is 0 Å². The molecule has 0 fully saturated rings. The van der Waals surface area contributed by atoms with Crippen molar-refractivity contribution in [3.8, 4) is 0 Å². The number of aryl methyl sites for hydroxylation is 1. The van der Waals surface area contributed by atoms with Crippen LogP contribution in [-0.2, 0) is 0 Å². The van der Waals surface area contributed by atoms with Crippen molar-refractivity contribution in [1.82, 2.24) is 0 Å². The summed E-state index contributed by atoms with van der Waals surface area (Å²) >= 11 is 7.27. The molecule has 1 unspecified atom stereocenters. The minimum absolute atomic E-state index is 0.0614. The van der Waals surface area contributed by atoms with Crippen molar-refractivity contribution >= 4 is 42.6 Å². The molecule has 0 saturated carbocycles. The highest BCUT2D eigenvalue weighted by atomic mass is 79.9. The van der Waals surface area contributed by atoms with Crippen LogP contribution in [0.4, 0.5) is 4.39 Å².